The molecule has 0 aliphatic heterocycles. The molecule has 0 aromatic heterocycles. The summed E-state index contributed by atoms with van der Waals surface area (Å²) in [5.74, 6) is 2.15. The molecule has 36 heavy (non-hydrogen) atoms. The lowest BCUT2D eigenvalue weighted by molar-refractivity contribution is -0.139. The quantitative estimate of drug-likeness (QED) is 0.286. The molecule has 0 heterocycles. The summed E-state index contributed by atoms with van der Waals surface area (Å²) in [5, 5.41) is 12.4. The van der Waals surface area contributed by atoms with Crippen LogP contribution in [-0.4, -0.2) is 64.5 Å². The van der Waals surface area contributed by atoms with Gasteiger partial charge in [-0.3, -0.25) is 9.69 Å². The number of carboxylic acid groups (broad SMARTS) is 1. The summed E-state index contributed by atoms with van der Waals surface area (Å²) in [6.07, 6.45) is 3.46. The number of carboxylic acids is 1. The average molecular weight is 531 g/mol. The molecule has 2 N–H and O–H groups in total. The predicted octanol–water partition coefficient (Wildman–Crippen LogP) is 6.20. The number of thioether (sulfide) groups is 2. The van der Waals surface area contributed by atoms with Crippen LogP contribution in [-0.2, 0) is 11.3 Å². The number of benzene rings is 2. The van der Waals surface area contributed by atoms with E-state index >= 15 is 0 Å². The van der Waals surface area contributed by atoms with Gasteiger partial charge in [-0.05, 0) is 84.9 Å². The Morgan fingerprint density at radius 2 is 1.83 bits per heavy atom. The fourth-order valence-electron chi connectivity index (χ4n) is 4.31. The highest BCUT2D eigenvalue weighted by Crippen LogP contribution is 2.29. The molecule has 0 saturated heterocycles. The molecule has 2 rings (SSSR count). The first-order valence-corrected chi connectivity index (χ1v) is 15.2. The summed E-state index contributed by atoms with van der Waals surface area (Å²) >= 11 is 3.54. The molecule has 0 aliphatic carbocycles. The van der Waals surface area contributed by atoms with Gasteiger partial charge in [0.2, 0.25) is 0 Å². The Bertz CT molecular complexity index is 996. The molecular formula is C29H42N2O3S2. The van der Waals surface area contributed by atoms with Crippen molar-refractivity contribution in [1.82, 2.24) is 10.2 Å². The van der Waals surface area contributed by atoms with Crippen LogP contribution in [0.15, 0.2) is 42.5 Å². The Morgan fingerprint density at radius 3 is 2.44 bits per heavy atom. The van der Waals surface area contributed by atoms with Crippen molar-refractivity contribution in [2.75, 3.05) is 30.6 Å². The van der Waals surface area contributed by atoms with E-state index in [1.54, 1.807) is 11.8 Å². The van der Waals surface area contributed by atoms with Crippen LogP contribution in [0.3, 0.4) is 0 Å². The number of carbonyl (C=O) groups is 2. The molecule has 7 heteroatoms. The Labute approximate surface area is 225 Å². The van der Waals surface area contributed by atoms with Crippen LogP contribution >= 0.6 is 23.5 Å². The minimum absolute atomic E-state index is 0.348. The van der Waals surface area contributed by atoms with Gasteiger partial charge in [-0.25, -0.2) is 4.79 Å². The van der Waals surface area contributed by atoms with Gasteiger partial charge in [0.15, 0.2) is 0 Å². The summed E-state index contributed by atoms with van der Waals surface area (Å²) < 4.78 is 0. The second kappa shape index (κ2) is 15.3. The number of aryl methyl sites for hydroxylation is 1. The van der Waals surface area contributed by atoms with Gasteiger partial charge in [-0.1, -0.05) is 51.1 Å². The lowest BCUT2D eigenvalue weighted by atomic mass is 9.93. The molecule has 5 nitrogen and oxygen atoms in total. The molecule has 0 aliphatic rings. The third kappa shape index (κ3) is 9.16. The summed E-state index contributed by atoms with van der Waals surface area (Å²) in [5.41, 5.74) is 4.55. The van der Waals surface area contributed by atoms with E-state index in [1.165, 1.54) is 0 Å². The zero-order chi connectivity index (χ0) is 26.7. The zero-order valence-electron chi connectivity index (χ0n) is 22.5. The average Bonchev–Trinajstić information content (AvgIpc) is 2.84. The van der Waals surface area contributed by atoms with Crippen LogP contribution in [0.25, 0.3) is 11.1 Å². The molecule has 2 atom stereocenters. The molecule has 198 valence electrons. The third-order valence-corrected chi connectivity index (χ3v) is 7.96. The molecule has 0 spiro atoms. The van der Waals surface area contributed by atoms with Gasteiger partial charge in [0, 0.05) is 23.9 Å². The highest BCUT2D eigenvalue weighted by Gasteiger charge is 2.23. The minimum atomic E-state index is -1.01. The third-order valence-electron chi connectivity index (χ3n) is 6.29. The predicted molar refractivity (Wildman–Crippen MR) is 156 cm³/mol. The molecule has 0 bridgehead atoms. The number of hydrogen-bond donors (Lipinski definition) is 2. The van der Waals surface area contributed by atoms with Gasteiger partial charge >= 0.3 is 5.97 Å². The standard InChI is InChI=1S/C29H42N2O3S2/c1-7-36-19-23(16-20(2)3)31(5)18-22-12-13-25(26(17-22)24-11-9-8-10-21(24)4)28(32)30-27(29(33)34)14-15-35-6/h8-13,17,20,23,27H,7,14-16,18-19H2,1-6H3,(H,30,32)(H,33,34)/t23?,27-/m0/s1. The van der Waals surface area contributed by atoms with E-state index in [2.05, 4.69) is 44.1 Å². The molecule has 0 saturated carbocycles. The fourth-order valence-corrected chi connectivity index (χ4v) is 5.67. The lowest BCUT2D eigenvalue weighted by Crippen LogP contribution is -2.41. The minimum Gasteiger partial charge on any atom is -0.480 e. The lowest BCUT2D eigenvalue weighted by Gasteiger charge is -2.29. The smallest absolute Gasteiger partial charge is 0.326 e. The number of nitrogens with zero attached hydrogens (tertiary/aromatic N) is 1. The van der Waals surface area contributed by atoms with Crippen molar-refractivity contribution in [2.45, 2.75) is 59.2 Å². The molecule has 2 aromatic rings. The van der Waals surface area contributed by atoms with E-state index < -0.39 is 12.0 Å². The van der Waals surface area contributed by atoms with Gasteiger partial charge in [-0.2, -0.15) is 23.5 Å². The van der Waals surface area contributed by atoms with Crippen LogP contribution in [0.4, 0.5) is 0 Å². The number of amides is 1. The SMILES string of the molecule is CCSCC(CC(C)C)N(C)Cc1ccc(C(=O)N[C@@H](CCSC)C(=O)O)c(-c2ccccc2C)c1. The maximum Gasteiger partial charge on any atom is 0.326 e. The molecule has 1 unspecified atom stereocenters. The number of nitrogens with one attached hydrogen (secondary N) is 1. The van der Waals surface area contributed by atoms with E-state index in [-0.39, 0.29) is 5.91 Å². The Kier molecular flexibility index (Phi) is 12.9. The first-order chi connectivity index (χ1) is 17.2. The number of hydrogen-bond acceptors (Lipinski definition) is 5. The molecular weight excluding hydrogens is 488 g/mol. The van der Waals surface area contributed by atoms with Gasteiger partial charge < -0.3 is 10.4 Å². The van der Waals surface area contributed by atoms with E-state index in [0.717, 1.165) is 46.7 Å². The van der Waals surface area contributed by atoms with Gasteiger partial charge in [-0.15, -0.1) is 0 Å². The largest absolute Gasteiger partial charge is 0.480 e. The molecule has 0 fully saturated rings. The number of aliphatic carboxylic acids is 1. The van der Waals surface area contributed by atoms with E-state index in [1.807, 2.05) is 61.3 Å². The normalized spacial score (nSPS) is 13.1. The van der Waals surface area contributed by atoms with Crippen molar-refractivity contribution in [3.05, 3.63) is 59.2 Å². The maximum absolute atomic E-state index is 13.3. The van der Waals surface area contributed by atoms with E-state index in [4.69, 9.17) is 0 Å². The number of rotatable bonds is 15. The Balaban J connectivity index is 2.40. The highest BCUT2D eigenvalue weighted by atomic mass is 32.2. The number of carbonyl (C=O) groups excluding carboxylic acids is 1. The second-order valence-electron chi connectivity index (χ2n) is 9.70. The second-order valence-corrected chi connectivity index (χ2v) is 12.0. The van der Waals surface area contributed by atoms with Crippen LogP contribution in [0.5, 0.6) is 0 Å². The summed E-state index contributed by atoms with van der Waals surface area (Å²) in [6, 6.07) is 13.6. The van der Waals surface area contributed by atoms with E-state index in [9.17, 15) is 14.7 Å². The van der Waals surface area contributed by atoms with Gasteiger partial charge in [0.1, 0.15) is 6.04 Å². The fraction of sp³-hybridized carbons (Fsp3) is 0.517. The summed E-state index contributed by atoms with van der Waals surface area (Å²) in [7, 11) is 2.18. The topological polar surface area (TPSA) is 69.6 Å². The van der Waals surface area contributed by atoms with Crippen molar-refractivity contribution >= 4 is 35.4 Å². The Morgan fingerprint density at radius 1 is 1.11 bits per heavy atom. The van der Waals surface area contributed by atoms with Crippen molar-refractivity contribution in [1.29, 1.82) is 0 Å². The zero-order valence-corrected chi connectivity index (χ0v) is 24.2. The van der Waals surface area contributed by atoms with Crippen LogP contribution in [0.2, 0.25) is 0 Å². The van der Waals surface area contributed by atoms with Crippen LogP contribution in [0, 0.1) is 12.8 Å². The molecule has 0 radical (unpaired) electrons. The first-order valence-electron chi connectivity index (χ1n) is 12.7. The Hall–Kier alpha value is -1.96. The first kappa shape index (κ1) is 30.3. The van der Waals surface area contributed by atoms with Crippen molar-refractivity contribution < 1.29 is 14.7 Å². The van der Waals surface area contributed by atoms with Crippen LogP contribution < -0.4 is 5.32 Å². The van der Waals surface area contributed by atoms with Crippen LogP contribution in [0.1, 0.15) is 55.1 Å². The highest BCUT2D eigenvalue weighted by molar-refractivity contribution is 7.99. The maximum atomic E-state index is 13.3. The van der Waals surface area contributed by atoms with Crippen molar-refractivity contribution in [2.24, 2.45) is 5.92 Å². The van der Waals surface area contributed by atoms with E-state index in [0.29, 0.717) is 29.7 Å². The summed E-state index contributed by atoms with van der Waals surface area (Å²) in [4.78, 5) is 27.5. The van der Waals surface area contributed by atoms with Crippen molar-refractivity contribution in [3.63, 3.8) is 0 Å². The van der Waals surface area contributed by atoms with Gasteiger partial charge in [0.05, 0.1) is 0 Å². The molecule has 2 aromatic carbocycles. The molecule has 1 amide bonds. The van der Waals surface area contributed by atoms with Crippen molar-refractivity contribution in [3.8, 4) is 11.1 Å². The summed E-state index contributed by atoms with van der Waals surface area (Å²) in [6.45, 7) is 9.56. The van der Waals surface area contributed by atoms with Gasteiger partial charge in [0.25, 0.3) is 5.91 Å². The monoisotopic (exact) mass is 530 g/mol.